The second-order valence-electron chi connectivity index (χ2n) is 6.61. The van der Waals surface area contributed by atoms with E-state index in [0.29, 0.717) is 10.6 Å². The van der Waals surface area contributed by atoms with Crippen molar-refractivity contribution in [3.63, 3.8) is 0 Å². The van der Waals surface area contributed by atoms with E-state index < -0.39 is 23.4 Å². The number of imide groups is 1. The van der Waals surface area contributed by atoms with Crippen molar-refractivity contribution in [1.29, 1.82) is 0 Å². The second-order valence-corrected chi connectivity index (χ2v) is 6.61. The number of hydrogen-bond acceptors (Lipinski definition) is 7. The van der Waals surface area contributed by atoms with Crippen molar-refractivity contribution in [3.05, 3.63) is 12.4 Å². The molecule has 0 aliphatic carbocycles. The van der Waals surface area contributed by atoms with Crippen LogP contribution in [0.25, 0.3) is 0 Å². The average molecular weight is 310 g/mol. The molecule has 8 nitrogen and oxygen atoms in total. The van der Waals surface area contributed by atoms with E-state index in [2.05, 4.69) is 9.97 Å². The number of rotatable bonds is 1. The highest BCUT2D eigenvalue weighted by molar-refractivity contribution is 6.08. The van der Waals surface area contributed by atoms with Crippen LogP contribution in [0.3, 0.4) is 0 Å². The first-order chi connectivity index (χ1) is 9.89. The van der Waals surface area contributed by atoms with Crippen LogP contribution in [0.5, 0.6) is 0 Å². The predicted octanol–water partition coefficient (Wildman–Crippen LogP) is 2.74. The molecule has 0 saturated heterocycles. The van der Waals surface area contributed by atoms with E-state index in [1.165, 1.54) is 12.4 Å². The van der Waals surface area contributed by atoms with Gasteiger partial charge in [0.2, 0.25) is 5.95 Å². The Hall–Kier alpha value is -2.38. The molecule has 22 heavy (non-hydrogen) atoms. The zero-order chi connectivity index (χ0) is 17.1. The first kappa shape index (κ1) is 17.7. The van der Waals surface area contributed by atoms with Gasteiger partial charge in [-0.3, -0.25) is 0 Å². The first-order valence-corrected chi connectivity index (χ1v) is 6.73. The molecule has 0 aromatic carbocycles. The van der Waals surface area contributed by atoms with Gasteiger partial charge in [0.05, 0.1) is 18.1 Å². The molecule has 0 unspecified atom stereocenters. The fourth-order valence-corrected chi connectivity index (χ4v) is 1.30. The molecule has 1 rings (SSSR count). The molecule has 0 aliphatic heterocycles. The van der Waals surface area contributed by atoms with Crippen molar-refractivity contribution in [2.75, 3.05) is 10.6 Å². The maximum atomic E-state index is 12.3. The number of nitrogens with zero attached hydrogens (tertiary/aromatic N) is 3. The van der Waals surface area contributed by atoms with Crippen LogP contribution < -0.4 is 10.6 Å². The highest BCUT2D eigenvalue weighted by atomic mass is 16.6. The van der Waals surface area contributed by atoms with Gasteiger partial charge in [-0.15, -0.1) is 4.90 Å². The summed E-state index contributed by atoms with van der Waals surface area (Å²) in [5.74, 6) is -0.169. The molecular formula is C14H22N4O4. The second kappa shape index (κ2) is 6.17. The maximum absolute atomic E-state index is 12.3. The van der Waals surface area contributed by atoms with Gasteiger partial charge in [0.25, 0.3) is 0 Å². The summed E-state index contributed by atoms with van der Waals surface area (Å²) < 4.78 is 10.4. The third-order valence-electron chi connectivity index (χ3n) is 2.01. The molecule has 0 radical (unpaired) electrons. The van der Waals surface area contributed by atoms with Crippen molar-refractivity contribution in [2.45, 2.75) is 52.7 Å². The largest absolute Gasteiger partial charge is 0.443 e. The van der Waals surface area contributed by atoms with E-state index in [9.17, 15) is 9.59 Å². The van der Waals surface area contributed by atoms with Crippen LogP contribution >= 0.6 is 0 Å². The van der Waals surface area contributed by atoms with Gasteiger partial charge in [-0.2, -0.15) is 0 Å². The lowest BCUT2D eigenvalue weighted by atomic mass is 10.2. The summed E-state index contributed by atoms with van der Waals surface area (Å²) in [5, 5.41) is 0. The average Bonchev–Trinajstić information content (AvgIpc) is 2.27. The maximum Gasteiger partial charge on any atom is 0.427 e. The third kappa shape index (κ3) is 5.55. The highest BCUT2D eigenvalue weighted by Gasteiger charge is 2.34. The SMILES string of the molecule is CC(C)(C)OC(=O)N(C(=O)OC(C)(C)C)c1ncc(N)cn1. The summed E-state index contributed by atoms with van der Waals surface area (Å²) in [6, 6.07) is 0. The number of aromatic nitrogens is 2. The van der Waals surface area contributed by atoms with Crippen molar-refractivity contribution in [2.24, 2.45) is 0 Å². The van der Waals surface area contributed by atoms with Crippen molar-refractivity contribution in [3.8, 4) is 0 Å². The van der Waals surface area contributed by atoms with E-state index >= 15 is 0 Å². The third-order valence-corrected chi connectivity index (χ3v) is 2.01. The summed E-state index contributed by atoms with van der Waals surface area (Å²) in [7, 11) is 0. The molecule has 8 heteroatoms. The predicted molar refractivity (Wildman–Crippen MR) is 81.4 cm³/mol. The molecule has 1 aromatic rings. The van der Waals surface area contributed by atoms with Gasteiger partial charge in [0.15, 0.2) is 0 Å². The van der Waals surface area contributed by atoms with Gasteiger partial charge in [0.1, 0.15) is 11.2 Å². The number of hydrogen-bond donors (Lipinski definition) is 1. The van der Waals surface area contributed by atoms with Crippen LogP contribution in [-0.2, 0) is 9.47 Å². The smallest absolute Gasteiger partial charge is 0.427 e. The van der Waals surface area contributed by atoms with Gasteiger partial charge in [-0.1, -0.05) is 0 Å². The zero-order valence-corrected chi connectivity index (χ0v) is 13.7. The minimum atomic E-state index is -0.925. The summed E-state index contributed by atoms with van der Waals surface area (Å²) in [5.41, 5.74) is 4.24. The van der Waals surface area contributed by atoms with Crippen molar-refractivity contribution in [1.82, 2.24) is 9.97 Å². The Morgan fingerprint density at radius 3 is 1.64 bits per heavy atom. The van der Waals surface area contributed by atoms with Crippen LogP contribution in [0.4, 0.5) is 21.2 Å². The molecule has 0 spiro atoms. The lowest BCUT2D eigenvalue weighted by molar-refractivity contribution is 0.0427. The Kier molecular flexibility index (Phi) is 4.95. The first-order valence-electron chi connectivity index (χ1n) is 6.73. The van der Waals surface area contributed by atoms with Crippen LogP contribution in [0.1, 0.15) is 41.5 Å². The van der Waals surface area contributed by atoms with E-state index in [4.69, 9.17) is 15.2 Å². The van der Waals surface area contributed by atoms with Gasteiger partial charge in [-0.05, 0) is 41.5 Å². The monoisotopic (exact) mass is 310 g/mol. The number of amides is 2. The van der Waals surface area contributed by atoms with Crippen molar-refractivity contribution < 1.29 is 19.1 Å². The molecule has 0 aliphatic rings. The van der Waals surface area contributed by atoms with E-state index in [0.717, 1.165) is 0 Å². The number of carbonyl (C=O) groups is 2. The van der Waals surface area contributed by atoms with Crippen molar-refractivity contribution >= 4 is 23.8 Å². The number of carbonyl (C=O) groups excluding carboxylic acids is 2. The molecule has 0 bridgehead atoms. The molecule has 0 saturated carbocycles. The fraction of sp³-hybridized carbons (Fsp3) is 0.571. The molecule has 0 fully saturated rings. The van der Waals surface area contributed by atoms with Gasteiger partial charge < -0.3 is 15.2 Å². The Morgan fingerprint density at radius 1 is 0.955 bits per heavy atom. The Bertz CT molecular complexity index is 515. The summed E-state index contributed by atoms with van der Waals surface area (Å²) in [6.07, 6.45) is 0.715. The zero-order valence-electron chi connectivity index (χ0n) is 13.7. The Morgan fingerprint density at radius 2 is 1.32 bits per heavy atom. The number of nitrogen functional groups attached to an aromatic ring is 1. The fourth-order valence-electron chi connectivity index (χ4n) is 1.30. The number of ether oxygens (including phenoxy) is 2. The van der Waals surface area contributed by atoms with E-state index in [1.54, 1.807) is 41.5 Å². The van der Waals surface area contributed by atoms with Gasteiger partial charge in [0, 0.05) is 0 Å². The summed E-state index contributed by atoms with van der Waals surface area (Å²) in [4.78, 5) is 32.9. The lowest BCUT2D eigenvalue weighted by Gasteiger charge is -2.27. The van der Waals surface area contributed by atoms with Crippen LogP contribution in [0.15, 0.2) is 12.4 Å². The topological polar surface area (TPSA) is 108 Å². The number of anilines is 2. The Balaban J connectivity index is 3.12. The summed E-state index contributed by atoms with van der Waals surface area (Å²) >= 11 is 0. The molecule has 2 amide bonds. The molecule has 1 aromatic heterocycles. The standard InChI is InChI=1S/C14H22N4O4/c1-13(2,3)21-11(19)18(12(20)22-14(4,5)6)10-16-7-9(15)8-17-10/h7-8H,15H2,1-6H3. The van der Waals surface area contributed by atoms with Crippen LogP contribution in [-0.4, -0.2) is 33.4 Å². The molecule has 122 valence electrons. The van der Waals surface area contributed by atoms with Gasteiger partial charge >= 0.3 is 12.2 Å². The Labute approximate surface area is 129 Å². The normalized spacial score (nSPS) is 11.7. The molecular weight excluding hydrogens is 288 g/mol. The van der Waals surface area contributed by atoms with E-state index in [-0.39, 0.29) is 5.95 Å². The number of nitrogens with two attached hydrogens (primary N) is 1. The van der Waals surface area contributed by atoms with Gasteiger partial charge in [-0.25, -0.2) is 19.6 Å². The molecule has 0 atom stereocenters. The molecule has 2 N–H and O–H groups in total. The van der Waals surface area contributed by atoms with Crippen LogP contribution in [0.2, 0.25) is 0 Å². The van der Waals surface area contributed by atoms with Crippen LogP contribution in [0, 0.1) is 0 Å². The molecule has 1 heterocycles. The quantitative estimate of drug-likeness (QED) is 0.849. The minimum absolute atomic E-state index is 0.169. The highest BCUT2D eigenvalue weighted by Crippen LogP contribution is 2.18. The summed E-state index contributed by atoms with van der Waals surface area (Å²) in [6.45, 7) is 10.1. The van der Waals surface area contributed by atoms with E-state index in [1.807, 2.05) is 0 Å². The minimum Gasteiger partial charge on any atom is -0.443 e. The lowest BCUT2D eigenvalue weighted by Crippen LogP contribution is -2.44.